The highest BCUT2D eigenvalue weighted by atomic mass is 32.2. The molecule has 5 nitrogen and oxygen atoms in total. The monoisotopic (exact) mass is 312 g/mol. The third-order valence-corrected chi connectivity index (χ3v) is 4.89. The fourth-order valence-corrected chi connectivity index (χ4v) is 3.42. The standard InChI is InChI=1S/C15H24N2O3S/c1-2-10-20-11-4-9-17-21(18,19)14-7-6-13-5-3-8-16-15(13)12-14/h6-7,12,16-17H,2-5,8-11H2,1H3. The molecule has 1 heterocycles. The second-order valence-electron chi connectivity index (χ2n) is 5.21. The highest BCUT2D eigenvalue weighted by Gasteiger charge is 2.16. The van der Waals surface area contributed by atoms with Crippen molar-refractivity contribution in [3.05, 3.63) is 23.8 Å². The zero-order valence-corrected chi connectivity index (χ0v) is 13.3. The van der Waals surface area contributed by atoms with E-state index >= 15 is 0 Å². The Morgan fingerprint density at radius 1 is 1.33 bits per heavy atom. The average molecular weight is 312 g/mol. The van der Waals surface area contributed by atoms with Gasteiger partial charge in [-0.15, -0.1) is 0 Å². The van der Waals surface area contributed by atoms with E-state index in [1.807, 2.05) is 13.0 Å². The second-order valence-corrected chi connectivity index (χ2v) is 6.98. The van der Waals surface area contributed by atoms with Crippen LogP contribution in [0.1, 0.15) is 31.7 Å². The Labute approximate surface area is 127 Å². The Kier molecular flexibility index (Phi) is 6.02. The maximum atomic E-state index is 12.2. The van der Waals surface area contributed by atoms with Crippen LogP contribution in [0, 0.1) is 0 Å². The fourth-order valence-electron chi connectivity index (χ4n) is 2.32. The van der Waals surface area contributed by atoms with Crippen molar-refractivity contribution in [3.8, 4) is 0 Å². The van der Waals surface area contributed by atoms with Crippen LogP contribution < -0.4 is 10.0 Å². The quantitative estimate of drug-likeness (QED) is 0.722. The SMILES string of the molecule is CCCOCCCNS(=O)(=O)c1ccc2c(c1)NCCC2. The van der Waals surface area contributed by atoms with Crippen molar-refractivity contribution in [2.75, 3.05) is 31.6 Å². The third kappa shape index (κ3) is 4.69. The van der Waals surface area contributed by atoms with Crippen LogP contribution in [-0.4, -0.2) is 34.7 Å². The van der Waals surface area contributed by atoms with Crippen molar-refractivity contribution in [2.24, 2.45) is 0 Å². The first-order chi connectivity index (χ1) is 10.1. The molecule has 0 atom stereocenters. The summed E-state index contributed by atoms with van der Waals surface area (Å²) in [7, 11) is -3.43. The van der Waals surface area contributed by atoms with Gasteiger partial charge in [-0.05, 0) is 43.4 Å². The smallest absolute Gasteiger partial charge is 0.240 e. The number of aryl methyl sites for hydroxylation is 1. The Morgan fingerprint density at radius 3 is 3.00 bits per heavy atom. The van der Waals surface area contributed by atoms with Gasteiger partial charge in [-0.1, -0.05) is 13.0 Å². The van der Waals surface area contributed by atoms with Gasteiger partial charge in [0, 0.05) is 32.0 Å². The Hall–Kier alpha value is -1.11. The molecule has 0 saturated heterocycles. The molecule has 0 aromatic heterocycles. The number of hydrogen-bond donors (Lipinski definition) is 2. The maximum Gasteiger partial charge on any atom is 0.240 e. The van der Waals surface area contributed by atoms with Crippen LogP contribution in [0.4, 0.5) is 5.69 Å². The van der Waals surface area contributed by atoms with Gasteiger partial charge in [0.05, 0.1) is 4.90 Å². The lowest BCUT2D eigenvalue weighted by Crippen LogP contribution is -2.26. The Balaban J connectivity index is 1.90. The number of ether oxygens (including phenoxy) is 1. The summed E-state index contributed by atoms with van der Waals surface area (Å²) in [5, 5.41) is 3.25. The molecule has 21 heavy (non-hydrogen) atoms. The van der Waals surface area contributed by atoms with Gasteiger partial charge in [0.25, 0.3) is 0 Å². The number of rotatable bonds is 8. The van der Waals surface area contributed by atoms with E-state index in [2.05, 4.69) is 10.0 Å². The summed E-state index contributed by atoms with van der Waals surface area (Å²) in [5.74, 6) is 0. The van der Waals surface area contributed by atoms with Crippen molar-refractivity contribution in [3.63, 3.8) is 0 Å². The van der Waals surface area contributed by atoms with Gasteiger partial charge in [0.1, 0.15) is 0 Å². The van der Waals surface area contributed by atoms with Crippen LogP contribution in [0.2, 0.25) is 0 Å². The minimum atomic E-state index is -3.43. The molecule has 2 N–H and O–H groups in total. The first-order valence-corrected chi connectivity index (χ1v) is 9.06. The van der Waals surface area contributed by atoms with Gasteiger partial charge in [0.15, 0.2) is 0 Å². The molecular weight excluding hydrogens is 288 g/mol. The molecule has 0 spiro atoms. The summed E-state index contributed by atoms with van der Waals surface area (Å²) in [6.07, 6.45) is 3.76. The lowest BCUT2D eigenvalue weighted by molar-refractivity contribution is 0.133. The molecule has 0 bridgehead atoms. The third-order valence-electron chi connectivity index (χ3n) is 3.44. The number of sulfonamides is 1. The fraction of sp³-hybridized carbons (Fsp3) is 0.600. The first-order valence-electron chi connectivity index (χ1n) is 7.57. The van der Waals surface area contributed by atoms with Crippen LogP contribution in [0.25, 0.3) is 0 Å². The molecule has 6 heteroatoms. The molecule has 1 aliphatic heterocycles. The largest absolute Gasteiger partial charge is 0.385 e. The van der Waals surface area contributed by atoms with E-state index in [-0.39, 0.29) is 0 Å². The molecular formula is C15H24N2O3S. The summed E-state index contributed by atoms with van der Waals surface area (Å²) in [5.41, 5.74) is 2.13. The van der Waals surface area contributed by atoms with Crippen LogP contribution >= 0.6 is 0 Å². The summed E-state index contributed by atoms with van der Waals surface area (Å²) >= 11 is 0. The Morgan fingerprint density at radius 2 is 2.19 bits per heavy atom. The molecule has 0 saturated carbocycles. The van der Waals surface area contributed by atoms with Gasteiger partial charge < -0.3 is 10.1 Å². The normalized spacial score (nSPS) is 14.5. The zero-order valence-electron chi connectivity index (χ0n) is 12.5. The van der Waals surface area contributed by atoms with Crippen molar-refractivity contribution < 1.29 is 13.2 Å². The highest BCUT2D eigenvalue weighted by molar-refractivity contribution is 7.89. The molecule has 0 amide bonds. The van der Waals surface area contributed by atoms with Crippen molar-refractivity contribution >= 4 is 15.7 Å². The van der Waals surface area contributed by atoms with Crippen LogP contribution in [-0.2, 0) is 21.2 Å². The topological polar surface area (TPSA) is 67.4 Å². The van der Waals surface area contributed by atoms with Gasteiger partial charge in [0.2, 0.25) is 10.0 Å². The first kappa shape index (κ1) is 16.3. The molecule has 0 fully saturated rings. The summed E-state index contributed by atoms with van der Waals surface area (Å²) in [6, 6.07) is 5.31. The minimum absolute atomic E-state index is 0.324. The number of fused-ring (bicyclic) bond motifs is 1. The minimum Gasteiger partial charge on any atom is -0.385 e. The predicted octanol–water partition coefficient (Wildman–Crippen LogP) is 2.14. The Bertz CT molecular complexity index is 558. The van der Waals surface area contributed by atoms with Crippen LogP contribution in [0.3, 0.4) is 0 Å². The van der Waals surface area contributed by atoms with Gasteiger partial charge in [-0.25, -0.2) is 13.1 Å². The van der Waals surface area contributed by atoms with E-state index < -0.39 is 10.0 Å². The molecule has 0 unspecified atom stereocenters. The van der Waals surface area contributed by atoms with Crippen molar-refractivity contribution in [1.82, 2.24) is 4.72 Å². The van der Waals surface area contributed by atoms with Crippen LogP contribution in [0.15, 0.2) is 23.1 Å². The van der Waals surface area contributed by atoms with Crippen LogP contribution in [0.5, 0.6) is 0 Å². The van der Waals surface area contributed by atoms with E-state index in [1.54, 1.807) is 12.1 Å². The summed E-state index contributed by atoms with van der Waals surface area (Å²) < 4.78 is 32.4. The number of nitrogens with one attached hydrogen (secondary N) is 2. The summed E-state index contributed by atoms with van der Waals surface area (Å²) in [6.45, 7) is 4.66. The van der Waals surface area contributed by atoms with E-state index in [0.29, 0.717) is 24.5 Å². The molecule has 2 rings (SSSR count). The average Bonchev–Trinajstić information content (AvgIpc) is 2.50. The van der Waals surface area contributed by atoms with E-state index in [4.69, 9.17) is 4.74 Å². The van der Waals surface area contributed by atoms with Gasteiger partial charge in [-0.3, -0.25) is 0 Å². The molecule has 1 aromatic carbocycles. The van der Waals surface area contributed by atoms with E-state index in [0.717, 1.165) is 38.1 Å². The number of hydrogen-bond acceptors (Lipinski definition) is 4. The van der Waals surface area contributed by atoms with Crippen molar-refractivity contribution in [2.45, 2.75) is 37.5 Å². The number of anilines is 1. The molecule has 0 radical (unpaired) electrons. The second kappa shape index (κ2) is 7.77. The molecule has 0 aliphatic carbocycles. The lowest BCUT2D eigenvalue weighted by atomic mass is 10.0. The highest BCUT2D eigenvalue weighted by Crippen LogP contribution is 2.24. The van der Waals surface area contributed by atoms with Gasteiger partial charge in [-0.2, -0.15) is 0 Å². The predicted molar refractivity (Wildman–Crippen MR) is 84.2 cm³/mol. The zero-order chi connectivity index (χ0) is 15.1. The molecule has 1 aromatic rings. The van der Waals surface area contributed by atoms with E-state index in [9.17, 15) is 8.42 Å². The molecule has 118 valence electrons. The van der Waals surface area contributed by atoms with E-state index in [1.165, 1.54) is 5.56 Å². The number of benzene rings is 1. The summed E-state index contributed by atoms with van der Waals surface area (Å²) in [4.78, 5) is 0.324. The van der Waals surface area contributed by atoms with Crippen molar-refractivity contribution in [1.29, 1.82) is 0 Å². The van der Waals surface area contributed by atoms with Gasteiger partial charge >= 0.3 is 0 Å². The maximum absolute atomic E-state index is 12.2. The molecule has 1 aliphatic rings. The lowest BCUT2D eigenvalue weighted by Gasteiger charge is -2.18.